The van der Waals surface area contributed by atoms with Gasteiger partial charge in [-0.3, -0.25) is 9.11 Å². The van der Waals surface area contributed by atoms with Crippen molar-refractivity contribution in [3.05, 3.63) is 129 Å². The van der Waals surface area contributed by atoms with E-state index in [1.165, 1.54) is 53.4 Å². The first-order valence-electron chi connectivity index (χ1n) is 25.1. The topological polar surface area (TPSA) is 227 Å². The molecule has 5 aromatic rings. The molecule has 478 valence electrons. The fourth-order valence-corrected chi connectivity index (χ4v) is 15.4. The van der Waals surface area contributed by atoms with Crippen LogP contribution in [0.5, 0.6) is 0 Å². The lowest BCUT2D eigenvalue weighted by molar-refractivity contribution is -0.698. The van der Waals surface area contributed by atoms with Gasteiger partial charge in [-0.05, 0) is 85.2 Å². The minimum Gasteiger partial charge on any atom is -0.358 e. The highest BCUT2D eigenvalue weighted by molar-refractivity contribution is 7.86. The van der Waals surface area contributed by atoms with E-state index in [9.17, 15) is 25.9 Å². The first kappa shape index (κ1) is 90.0. The van der Waals surface area contributed by atoms with Gasteiger partial charge in [-0.2, -0.15) is 35.1 Å². The first-order chi connectivity index (χ1) is 34.7. The first-order valence-corrected chi connectivity index (χ1v) is 33.8. The SMILES string of the molecule is C.C.C.C.CCC[n+]1csc(C(C)CC(CCC(C)c2sc[n+](CCCS(=O)(=O)O)c2C)c2ccc(C(CCC(C)c3sc[n+](CCCS(=O)(=O)O)c3C)CC(C)c3sc[n+](CCC)c3C)cc2)c1C.O=S(=O)=O.O=S(=O)=O.[CH3-].[CH3-].[CH3-].[CH3-]. The molecular formula is C58H106N4O12S8. The Labute approximate surface area is 518 Å². The molecule has 2 N–H and O–H groups in total. The fraction of sp³-hybridized carbons (Fsp3) is 0.621. The second-order valence-electron chi connectivity index (χ2n) is 19.4. The van der Waals surface area contributed by atoms with Gasteiger partial charge < -0.3 is 29.7 Å². The Morgan fingerprint density at radius 1 is 0.439 bits per heavy atom. The summed E-state index contributed by atoms with van der Waals surface area (Å²) in [5.74, 6) is 1.85. The van der Waals surface area contributed by atoms with E-state index in [1.807, 2.05) is 22.7 Å². The molecule has 0 aliphatic carbocycles. The standard InChI is InChI=1S/C50H76N4O6S6.4CH4.4CH3.2O3S/c1-11-23-51-31-63-49(41(51)9)37(5)29-45(17-15-35(3)47-39(7)53(33-61-47)25-13-27-65(55,56)57)43-19-21-44(22-20-43)46(30-38(6)50-42(10)52(24-12-2)32-64-50)18-16-36(4)48-40(8)54(34-62-48)26-14-28-66(58,59)60;;;;;;;;;2*1-4(2)3/h19-22,31-38,45-46H,11-18,23-30H2,1-10H3;4*1H4;4*1H3;;/q+2;;;;;4*-1;;/p+2. The summed E-state index contributed by atoms with van der Waals surface area (Å²) in [7, 11) is -14.2. The van der Waals surface area contributed by atoms with Crippen molar-refractivity contribution in [2.75, 3.05) is 11.5 Å². The third-order valence-corrected chi connectivity index (χ3v) is 20.6. The highest BCUT2D eigenvalue weighted by Gasteiger charge is 2.29. The Bertz CT molecular complexity index is 2790. The highest BCUT2D eigenvalue weighted by atomic mass is 32.2. The number of benzene rings is 1. The van der Waals surface area contributed by atoms with Crippen LogP contribution in [0.15, 0.2) is 46.3 Å². The molecule has 0 spiro atoms. The van der Waals surface area contributed by atoms with Gasteiger partial charge in [0.2, 0.25) is 22.0 Å². The van der Waals surface area contributed by atoms with Gasteiger partial charge >= 0.3 is 21.2 Å². The predicted octanol–water partition coefficient (Wildman–Crippen LogP) is 13.8. The van der Waals surface area contributed by atoms with E-state index in [-0.39, 0.29) is 70.9 Å². The summed E-state index contributed by atoms with van der Waals surface area (Å²) in [6.45, 7) is 26.0. The number of aryl methyl sites for hydroxylation is 4. The van der Waals surface area contributed by atoms with E-state index in [2.05, 4.69) is 134 Å². The lowest BCUT2D eigenvalue weighted by atomic mass is 9.80. The van der Waals surface area contributed by atoms with Crippen LogP contribution in [-0.2, 0) is 67.6 Å². The highest BCUT2D eigenvalue weighted by Crippen LogP contribution is 2.41. The van der Waals surface area contributed by atoms with E-state index in [0.717, 1.165) is 64.5 Å². The maximum Gasteiger partial charge on any atom is 0.425 e. The zero-order chi connectivity index (χ0) is 55.5. The second-order valence-corrected chi connectivity index (χ2v) is 26.9. The van der Waals surface area contributed by atoms with Crippen LogP contribution in [0.1, 0.15) is 224 Å². The molecule has 1 aromatic carbocycles. The third kappa shape index (κ3) is 30.2. The molecule has 6 unspecified atom stereocenters. The van der Waals surface area contributed by atoms with Crippen LogP contribution < -0.4 is 18.3 Å². The van der Waals surface area contributed by atoms with Crippen LogP contribution in [0, 0.1) is 57.4 Å². The zero-order valence-electron chi connectivity index (χ0n) is 48.4. The van der Waals surface area contributed by atoms with Crippen molar-refractivity contribution in [3.8, 4) is 0 Å². The molecule has 5 rings (SSSR count). The largest absolute Gasteiger partial charge is 0.425 e. The molecule has 24 heteroatoms. The van der Waals surface area contributed by atoms with Crippen molar-refractivity contribution < 1.29 is 69.5 Å². The van der Waals surface area contributed by atoms with E-state index in [4.69, 9.17) is 25.3 Å². The van der Waals surface area contributed by atoms with Gasteiger partial charge in [0.1, 0.15) is 13.1 Å². The van der Waals surface area contributed by atoms with Crippen molar-refractivity contribution in [1.82, 2.24) is 0 Å². The zero-order valence-corrected chi connectivity index (χ0v) is 55.0. The van der Waals surface area contributed by atoms with Crippen molar-refractivity contribution in [2.24, 2.45) is 0 Å². The molecule has 6 atom stereocenters. The quantitative estimate of drug-likeness (QED) is 0.0271. The van der Waals surface area contributed by atoms with Crippen LogP contribution in [-0.4, -0.2) is 62.7 Å². The molecule has 4 aromatic heterocycles. The maximum absolute atomic E-state index is 11.4. The minimum absolute atomic E-state index is 0. The molecule has 0 bridgehead atoms. The third-order valence-electron chi connectivity index (χ3n) is 13.8. The normalized spacial score (nSPS) is 12.8. The van der Waals surface area contributed by atoms with Crippen molar-refractivity contribution in [1.29, 1.82) is 0 Å². The Hall–Kier alpha value is -3.20. The molecule has 0 amide bonds. The van der Waals surface area contributed by atoms with Crippen molar-refractivity contribution in [3.63, 3.8) is 0 Å². The second kappa shape index (κ2) is 43.4. The van der Waals surface area contributed by atoms with Crippen LogP contribution in [0.25, 0.3) is 0 Å². The molecule has 0 saturated carbocycles. The molecular weight excluding hydrogens is 1200 g/mol. The Morgan fingerprint density at radius 2 is 0.671 bits per heavy atom. The average Bonchev–Trinajstić information content (AvgIpc) is 4.08. The van der Waals surface area contributed by atoms with Crippen molar-refractivity contribution >= 4 is 86.8 Å². The van der Waals surface area contributed by atoms with Gasteiger partial charge in [0.15, 0.2) is 35.9 Å². The molecule has 16 nitrogen and oxygen atoms in total. The number of thiazole rings is 4. The van der Waals surface area contributed by atoms with Gasteiger partial charge in [0, 0.05) is 53.4 Å². The molecule has 82 heavy (non-hydrogen) atoms. The molecule has 0 fully saturated rings. The molecule has 4 heterocycles. The summed E-state index contributed by atoms with van der Waals surface area (Å²) >= 11 is 7.31. The van der Waals surface area contributed by atoms with E-state index < -0.39 is 41.5 Å². The molecule has 0 aliphatic heterocycles. The summed E-state index contributed by atoms with van der Waals surface area (Å²) in [5.41, 5.74) is 16.8. The summed E-state index contributed by atoms with van der Waals surface area (Å²) in [6, 6.07) is 9.73. The predicted molar refractivity (Wildman–Crippen MR) is 345 cm³/mol. The number of rotatable bonds is 28. The number of hydrogen-bond donors (Lipinski definition) is 2. The number of nitrogens with zero attached hydrogens (tertiary/aromatic N) is 4. The van der Waals surface area contributed by atoms with Crippen LogP contribution in [0.3, 0.4) is 0 Å². The minimum atomic E-state index is -3.98. The lowest BCUT2D eigenvalue weighted by Gasteiger charge is -2.25. The van der Waals surface area contributed by atoms with Crippen molar-refractivity contribution in [2.45, 2.75) is 225 Å². The van der Waals surface area contributed by atoms with Crippen LogP contribution in [0.2, 0.25) is 0 Å². The van der Waals surface area contributed by atoms with Gasteiger partial charge in [-0.1, -0.05) is 141 Å². The Morgan fingerprint density at radius 3 is 0.902 bits per heavy atom. The Kier molecular flexibility index (Phi) is 47.7. The molecule has 0 radical (unpaired) electrons. The van der Waals surface area contributed by atoms with E-state index in [1.54, 1.807) is 22.7 Å². The van der Waals surface area contributed by atoms with E-state index in [0.29, 0.717) is 61.4 Å². The summed E-state index contributed by atoms with van der Waals surface area (Å²) < 4.78 is 124. The average molecular weight is 1310 g/mol. The van der Waals surface area contributed by atoms with Gasteiger partial charge in [-0.25, -0.2) is 0 Å². The summed E-state index contributed by atoms with van der Waals surface area (Å²) in [5, 5.41) is 0. The molecule has 0 aliphatic rings. The Balaban J connectivity index is -0.000000846. The number of hydrogen-bond acceptors (Lipinski definition) is 14. The van der Waals surface area contributed by atoms with Crippen LogP contribution >= 0.6 is 45.3 Å². The molecule has 0 saturated heterocycles. The van der Waals surface area contributed by atoms with Gasteiger partial charge in [-0.15, -0.1) is 25.3 Å². The summed E-state index contributed by atoms with van der Waals surface area (Å²) in [4.78, 5) is 5.65. The number of aromatic nitrogens is 4. The van der Waals surface area contributed by atoms with Gasteiger partial charge in [0.05, 0.1) is 31.0 Å². The van der Waals surface area contributed by atoms with E-state index >= 15 is 0 Å². The smallest absolute Gasteiger partial charge is 0.358 e. The lowest BCUT2D eigenvalue weighted by Crippen LogP contribution is -2.35. The fourth-order valence-electron chi connectivity index (χ4n) is 9.91. The summed E-state index contributed by atoms with van der Waals surface area (Å²) in [6.07, 6.45) is 9.36. The van der Waals surface area contributed by atoms with Gasteiger partial charge in [0.25, 0.3) is 20.2 Å². The van der Waals surface area contributed by atoms with Crippen LogP contribution in [0.4, 0.5) is 0 Å². The monoisotopic (exact) mass is 1310 g/mol. The maximum atomic E-state index is 11.4.